The molecule has 0 fully saturated rings. The number of benzene rings is 1. The lowest BCUT2D eigenvalue weighted by molar-refractivity contribution is -0.165. The molecule has 0 aromatic heterocycles. The fraction of sp³-hybridized carbons (Fsp3) is 0.500. The normalized spacial score (nSPS) is 18.2. The molecule has 1 aromatic carbocycles. The minimum Gasteiger partial charge on any atom is -0.454 e. The van der Waals surface area contributed by atoms with Gasteiger partial charge in [0.1, 0.15) is 5.75 Å². The van der Waals surface area contributed by atoms with E-state index >= 15 is 0 Å². The van der Waals surface area contributed by atoms with Crippen LogP contribution in [0.5, 0.6) is 5.75 Å². The first kappa shape index (κ1) is 19.2. The van der Waals surface area contributed by atoms with Gasteiger partial charge in [-0.3, -0.25) is 14.1 Å². The minimum atomic E-state index is -4.59. The van der Waals surface area contributed by atoms with Crippen molar-refractivity contribution in [3.63, 3.8) is 0 Å². The number of amides is 1. The molecule has 0 spiro atoms. The molecule has 1 heterocycles. The van der Waals surface area contributed by atoms with Gasteiger partial charge in [-0.1, -0.05) is 12.1 Å². The van der Waals surface area contributed by atoms with Crippen molar-refractivity contribution in [1.29, 1.82) is 0 Å². The van der Waals surface area contributed by atoms with E-state index in [4.69, 9.17) is 14.0 Å². The monoisotopic (exact) mass is 371 g/mol. The van der Waals surface area contributed by atoms with Gasteiger partial charge in [0.25, 0.3) is 6.29 Å². The van der Waals surface area contributed by atoms with E-state index in [0.29, 0.717) is 15.6 Å². The van der Waals surface area contributed by atoms with Crippen LogP contribution < -0.4 is 4.74 Å². The van der Waals surface area contributed by atoms with Gasteiger partial charge < -0.3 is 9.47 Å². The van der Waals surface area contributed by atoms with Crippen molar-refractivity contribution in [2.24, 2.45) is 0 Å². The van der Waals surface area contributed by atoms with Crippen molar-refractivity contribution in [3.8, 4) is 5.75 Å². The van der Waals surface area contributed by atoms with Crippen LogP contribution in [-0.4, -0.2) is 42.0 Å². The van der Waals surface area contributed by atoms with E-state index in [1.165, 1.54) is 13.8 Å². The molecule has 8 nitrogen and oxygen atoms in total. The molecule has 1 aliphatic rings. The highest BCUT2D eigenvalue weighted by Crippen LogP contribution is 2.43. The molecule has 0 saturated carbocycles. The summed E-state index contributed by atoms with van der Waals surface area (Å²) in [6.07, 6.45) is -0.981. The van der Waals surface area contributed by atoms with Crippen LogP contribution in [-0.2, 0) is 36.5 Å². The number of hydrogen-bond donors (Lipinski definition) is 1. The van der Waals surface area contributed by atoms with Gasteiger partial charge in [0.2, 0.25) is 5.91 Å². The highest BCUT2D eigenvalue weighted by atomic mass is 32.2. The third-order valence-electron chi connectivity index (χ3n) is 4.03. The van der Waals surface area contributed by atoms with E-state index < -0.39 is 33.9 Å². The van der Waals surface area contributed by atoms with Crippen LogP contribution in [0, 0.1) is 0 Å². The number of likely N-dealkylation sites (N-methyl/N-ethyl adjacent to an activating group) is 1. The second kappa shape index (κ2) is 6.64. The van der Waals surface area contributed by atoms with E-state index in [-0.39, 0.29) is 13.0 Å². The predicted molar refractivity (Wildman–Crippen MR) is 88.3 cm³/mol. The third-order valence-corrected chi connectivity index (χ3v) is 5.05. The SMILES string of the molecule is CCN(C(=O)Cc1ccc2c(c1)C(C)(C)C(OC(C)=O)O2)S(=O)(=O)O. The van der Waals surface area contributed by atoms with Gasteiger partial charge in [-0.05, 0) is 32.4 Å². The van der Waals surface area contributed by atoms with E-state index in [1.807, 2.05) is 13.8 Å². The Kier molecular flexibility index (Phi) is 5.10. The molecule has 1 aliphatic heterocycles. The molecule has 2 rings (SSSR count). The molecule has 1 amide bonds. The fourth-order valence-corrected chi connectivity index (χ4v) is 3.38. The third kappa shape index (κ3) is 3.93. The van der Waals surface area contributed by atoms with E-state index in [0.717, 1.165) is 5.56 Å². The largest absolute Gasteiger partial charge is 0.454 e. The summed E-state index contributed by atoms with van der Waals surface area (Å²) in [4.78, 5) is 23.4. The van der Waals surface area contributed by atoms with Crippen LogP contribution in [0.2, 0.25) is 0 Å². The van der Waals surface area contributed by atoms with Crippen LogP contribution in [0.15, 0.2) is 18.2 Å². The number of nitrogens with zero attached hydrogens (tertiary/aromatic N) is 1. The minimum absolute atomic E-state index is 0.161. The Labute approximate surface area is 146 Å². The molecule has 0 radical (unpaired) electrons. The Morgan fingerprint density at radius 3 is 2.52 bits per heavy atom. The lowest BCUT2D eigenvalue weighted by Crippen LogP contribution is -2.37. The van der Waals surface area contributed by atoms with Crippen molar-refractivity contribution in [1.82, 2.24) is 4.31 Å². The van der Waals surface area contributed by atoms with Crippen LogP contribution in [0.1, 0.15) is 38.8 Å². The molecule has 138 valence electrons. The van der Waals surface area contributed by atoms with Crippen LogP contribution in [0.25, 0.3) is 0 Å². The summed E-state index contributed by atoms with van der Waals surface area (Å²) in [5.41, 5.74) is 0.679. The zero-order chi connectivity index (χ0) is 19.0. The summed E-state index contributed by atoms with van der Waals surface area (Å²) in [7, 11) is -4.59. The Bertz CT molecular complexity index is 801. The number of rotatable bonds is 5. The van der Waals surface area contributed by atoms with Gasteiger partial charge >= 0.3 is 16.3 Å². The Morgan fingerprint density at radius 1 is 1.36 bits per heavy atom. The molecule has 0 bridgehead atoms. The molecule has 9 heteroatoms. The van der Waals surface area contributed by atoms with E-state index in [1.54, 1.807) is 18.2 Å². The van der Waals surface area contributed by atoms with Crippen molar-refractivity contribution in [3.05, 3.63) is 29.3 Å². The summed E-state index contributed by atoms with van der Waals surface area (Å²) in [6.45, 7) is 6.27. The number of hydrogen-bond acceptors (Lipinski definition) is 6. The maximum absolute atomic E-state index is 12.1. The molecule has 1 atom stereocenters. The van der Waals surface area contributed by atoms with Crippen LogP contribution in [0.4, 0.5) is 0 Å². The van der Waals surface area contributed by atoms with Crippen molar-refractivity contribution >= 4 is 22.2 Å². The number of esters is 1. The fourth-order valence-electron chi connectivity index (χ4n) is 2.74. The molecule has 1 unspecified atom stereocenters. The molecule has 1 N–H and O–H groups in total. The van der Waals surface area contributed by atoms with Crippen molar-refractivity contribution in [2.75, 3.05) is 6.54 Å². The predicted octanol–water partition coefficient (Wildman–Crippen LogP) is 1.44. The zero-order valence-corrected chi connectivity index (χ0v) is 15.3. The maximum atomic E-state index is 12.1. The Hall–Kier alpha value is -2.13. The van der Waals surface area contributed by atoms with Gasteiger partial charge in [-0.25, -0.2) is 4.31 Å². The summed E-state index contributed by atoms with van der Waals surface area (Å²) >= 11 is 0. The first-order chi connectivity index (χ1) is 11.5. The zero-order valence-electron chi connectivity index (χ0n) is 14.5. The number of fused-ring (bicyclic) bond motifs is 1. The molecular formula is C16H21NO7S. The molecule has 1 aromatic rings. The summed E-state index contributed by atoms with van der Waals surface area (Å²) in [6, 6.07) is 4.99. The lowest BCUT2D eigenvalue weighted by Gasteiger charge is -2.25. The highest BCUT2D eigenvalue weighted by molar-refractivity contribution is 7.84. The summed E-state index contributed by atoms with van der Waals surface area (Å²) in [5, 5.41) is 0. The Morgan fingerprint density at radius 2 is 2.00 bits per heavy atom. The lowest BCUT2D eigenvalue weighted by atomic mass is 9.84. The second-order valence-electron chi connectivity index (χ2n) is 6.32. The molecule has 25 heavy (non-hydrogen) atoms. The quantitative estimate of drug-likeness (QED) is 0.616. The average Bonchev–Trinajstić information content (AvgIpc) is 2.69. The number of carbonyl (C=O) groups is 2. The Balaban J connectivity index is 2.26. The average molecular weight is 371 g/mol. The smallest absolute Gasteiger partial charge is 0.362 e. The van der Waals surface area contributed by atoms with Crippen molar-refractivity contribution < 1.29 is 32.0 Å². The van der Waals surface area contributed by atoms with Gasteiger partial charge in [0.05, 0.1) is 11.8 Å². The summed E-state index contributed by atoms with van der Waals surface area (Å²) < 4.78 is 42.8. The second-order valence-corrected chi connectivity index (χ2v) is 7.66. The molecule has 0 saturated heterocycles. The number of carbonyl (C=O) groups excluding carboxylic acids is 2. The molecule has 0 aliphatic carbocycles. The van der Waals surface area contributed by atoms with E-state index in [2.05, 4.69) is 0 Å². The number of ether oxygens (including phenoxy) is 2. The maximum Gasteiger partial charge on any atom is 0.362 e. The topological polar surface area (TPSA) is 110 Å². The van der Waals surface area contributed by atoms with Gasteiger partial charge in [-0.15, -0.1) is 0 Å². The van der Waals surface area contributed by atoms with Gasteiger partial charge in [0.15, 0.2) is 0 Å². The van der Waals surface area contributed by atoms with Gasteiger partial charge in [-0.2, -0.15) is 8.42 Å². The van der Waals surface area contributed by atoms with Crippen LogP contribution in [0.3, 0.4) is 0 Å². The van der Waals surface area contributed by atoms with Gasteiger partial charge in [0, 0.05) is 19.0 Å². The molecular weight excluding hydrogens is 350 g/mol. The van der Waals surface area contributed by atoms with Crippen molar-refractivity contribution in [2.45, 2.75) is 45.8 Å². The first-order valence-electron chi connectivity index (χ1n) is 7.72. The highest BCUT2D eigenvalue weighted by Gasteiger charge is 2.44. The van der Waals surface area contributed by atoms with E-state index in [9.17, 15) is 18.0 Å². The first-order valence-corrected chi connectivity index (χ1v) is 9.11. The summed E-state index contributed by atoms with van der Waals surface area (Å²) in [5.74, 6) is -0.666. The standard InChI is InChI=1S/C16H21NO7S/c1-5-17(25(20,21)22)14(19)9-11-6-7-13-12(8-11)16(3,4)15(24-13)23-10(2)18/h6-8,15H,5,9H2,1-4H3,(H,20,21,22). The van der Waals surface area contributed by atoms with Crippen LogP contribution >= 0.6 is 0 Å².